The quantitative estimate of drug-likeness (QED) is 0.563. The van der Waals surface area contributed by atoms with E-state index >= 15 is 0 Å². The van der Waals surface area contributed by atoms with Crippen LogP contribution in [0.1, 0.15) is 13.8 Å². The topological polar surface area (TPSA) is 24.7 Å². The smallest absolute Gasteiger partial charge is 0.157 e. The Balaban J connectivity index is 2.20. The Labute approximate surface area is 72.4 Å². The standard InChI is InChI=1S/C10H12N2/c1-10(2)6-3-4-8(5-7-10)9-11-12-9/h3-7,9H,1-2H3. The number of allylic oxidation sites excluding steroid dienone is 4. The van der Waals surface area contributed by atoms with E-state index in [2.05, 4.69) is 54.5 Å². The summed E-state index contributed by atoms with van der Waals surface area (Å²) in [5.41, 5.74) is 1.35. The van der Waals surface area contributed by atoms with E-state index < -0.39 is 0 Å². The zero-order valence-corrected chi connectivity index (χ0v) is 7.36. The lowest BCUT2D eigenvalue weighted by atomic mass is 9.93. The summed E-state index contributed by atoms with van der Waals surface area (Å²) in [5, 5.41) is 7.77. The van der Waals surface area contributed by atoms with Gasteiger partial charge in [0.15, 0.2) is 0 Å². The second-order valence-electron chi connectivity index (χ2n) is 3.79. The van der Waals surface area contributed by atoms with Gasteiger partial charge in [-0.3, -0.25) is 0 Å². The van der Waals surface area contributed by atoms with Crippen LogP contribution in [0.4, 0.5) is 0 Å². The minimum Gasteiger partial charge on any atom is -0.157 e. The maximum atomic E-state index is 3.89. The molecule has 0 spiro atoms. The summed E-state index contributed by atoms with van der Waals surface area (Å²) in [7, 11) is 0. The van der Waals surface area contributed by atoms with E-state index in [-0.39, 0.29) is 11.6 Å². The van der Waals surface area contributed by atoms with Crippen molar-refractivity contribution in [3.05, 3.63) is 36.0 Å². The molecule has 0 saturated carbocycles. The predicted molar refractivity (Wildman–Crippen MR) is 48.8 cm³/mol. The van der Waals surface area contributed by atoms with Gasteiger partial charge in [-0.15, -0.1) is 0 Å². The lowest BCUT2D eigenvalue weighted by molar-refractivity contribution is 0.626. The van der Waals surface area contributed by atoms with E-state index in [1.807, 2.05) is 0 Å². The molecule has 0 unspecified atom stereocenters. The minimum atomic E-state index is 0.125. The van der Waals surface area contributed by atoms with Crippen LogP contribution < -0.4 is 0 Å². The summed E-state index contributed by atoms with van der Waals surface area (Å²) in [4.78, 5) is 0. The fourth-order valence-electron chi connectivity index (χ4n) is 1.17. The van der Waals surface area contributed by atoms with E-state index in [0.29, 0.717) is 0 Å². The molecule has 2 heteroatoms. The SMILES string of the molecule is CC1(C)C=CC=C(C2N=N2)C=C1. The molecule has 1 aliphatic heterocycles. The Kier molecular flexibility index (Phi) is 1.50. The van der Waals surface area contributed by atoms with Crippen molar-refractivity contribution in [2.45, 2.75) is 20.0 Å². The van der Waals surface area contributed by atoms with Gasteiger partial charge in [-0.05, 0) is 0 Å². The minimum absolute atomic E-state index is 0.125. The predicted octanol–water partition coefficient (Wildman–Crippen LogP) is 2.86. The van der Waals surface area contributed by atoms with Crippen molar-refractivity contribution in [2.75, 3.05) is 0 Å². The summed E-state index contributed by atoms with van der Waals surface area (Å²) in [6.45, 7) is 4.36. The normalized spacial score (nSPS) is 25.3. The van der Waals surface area contributed by atoms with Gasteiger partial charge in [-0.1, -0.05) is 44.2 Å². The van der Waals surface area contributed by atoms with Gasteiger partial charge in [0.05, 0.1) is 0 Å². The largest absolute Gasteiger partial charge is 0.206 e. The summed E-state index contributed by atoms with van der Waals surface area (Å²) in [6.07, 6.45) is 10.8. The fourth-order valence-corrected chi connectivity index (χ4v) is 1.17. The van der Waals surface area contributed by atoms with E-state index in [1.54, 1.807) is 0 Å². The summed E-state index contributed by atoms with van der Waals surface area (Å²) in [5.74, 6) is 0. The molecule has 0 fully saturated rings. The molecule has 0 amide bonds. The van der Waals surface area contributed by atoms with E-state index in [9.17, 15) is 0 Å². The van der Waals surface area contributed by atoms with Gasteiger partial charge in [0.25, 0.3) is 0 Å². The van der Waals surface area contributed by atoms with Crippen LogP contribution >= 0.6 is 0 Å². The van der Waals surface area contributed by atoms with Crippen LogP contribution in [0.25, 0.3) is 0 Å². The lowest BCUT2D eigenvalue weighted by Crippen LogP contribution is -2.00. The molecule has 2 rings (SSSR count). The first kappa shape index (κ1) is 7.47. The van der Waals surface area contributed by atoms with Crippen molar-refractivity contribution in [2.24, 2.45) is 15.6 Å². The average Bonchev–Trinajstić information content (AvgIpc) is 2.74. The second-order valence-corrected chi connectivity index (χ2v) is 3.79. The lowest BCUT2D eigenvalue weighted by Gasteiger charge is -2.12. The van der Waals surface area contributed by atoms with Crippen LogP contribution in [0, 0.1) is 5.41 Å². The molecule has 12 heavy (non-hydrogen) atoms. The molecule has 0 aromatic carbocycles. The number of nitrogens with zero attached hydrogens (tertiary/aromatic N) is 2. The van der Waals surface area contributed by atoms with Crippen molar-refractivity contribution in [1.29, 1.82) is 0 Å². The highest BCUT2D eigenvalue weighted by atomic mass is 15.4. The number of rotatable bonds is 1. The van der Waals surface area contributed by atoms with Crippen LogP contribution in [-0.4, -0.2) is 6.17 Å². The van der Waals surface area contributed by atoms with Gasteiger partial charge in [0.2, 0.25) is 6.17 Å². The molecule has 0 aromatic heterocycles. The van der Waals surface area contributed by atoms with Gasteiger partial charge >= 0.3 is 0 Å². The maximum absolute atomic E-state index is 3.89. The van der Waals surface area contributed by atoms with Crippen molar-refractivity contribution in [3.8, 4) is 0 Å². The summed E-state index contributed by atoms with van der Waals surface area (Å²) < 4.78 is 0. The molecule has 0 N–H and O–H groups in total. The van der Waals surface area contributed by atoms with Crippen LogP contribution in [-0.2, 0) is 0 Å². The zero-order valence-electron chi connectivity index (χ0n) is 7.36. The Morgan fingerprint density at radius 2 is 2.00 bits per heavy atom. The maximum Gasteiger partial charge on any atom is 0.206 e. The van der Waals surface area contributed by atoms with Crippen molar-refractivity contribution < 1.29 is 0 Å². The number of hydrogen-bond donors (Lipinski definition) is 0. The highest BCUT2D eigenvalue weighted by Gasteiger charge is 2.21. The van der Waals surface area contributed by atoms with Crippen molar-refractivity contribution in [3.63, 3.8) is 0 Å². The van der Waals surface area contributed by atoms with Crippen LogP contribution in [0.2, 0.25) is 0 Å². The van der Waals surface area contributed by atoms with Crippen molar-refractivity contribution in [1.82, 2.24) is 0 Å². The van der Waals surface area contributed by atoms with E-state index in [4.69, 9.17) is 0 Å². The Morgan fingerprint density at radius 3 is 2.67 bits per heavy atom. The first-order chi connectivity index (χ1) is 5.67. The fraction of sp³-hybridized carbons (Fsp3) is 0.400. The molecule has 62 valence electrons. The van der Waals surface area contributed by atoms with Gasteiger partial charge < -0.3 is 0 Å². The molecule has 2 nitrogen and oxygen atoms in total. The van der Waals surface area contributed by atoms with Gasteiger partial charge in [-0.2, -0.15) is 10.2 Å². The highest BCUT2D eigenvalue weighted by Crippen LogP contribution is 2.27. The third-order valence-corrected chi connectivity index (χ3v) is 2.05. The second kappa shape index (κ2) is 2.41. The third kappa shape index (κ3) is 1.52. The molecule has 0 atom stereocenters. The van der Waals surface area contributed by atoms with Crippen LogP contribution in [0.15, 0.2) is 46.2 Å². The van der Waals surface area contributed by atoms with Gasteiger partial charge in [0, 0.05) is 11.0 Å². The monoisotopic (exact) mass is 160 g/mol. The molecule has 2 aliphatic rings. The summed E-state index contributed by atoms with van der Waals surface area (Å²) >= 11 is 0. The summed E-state index contributed by atoms with van der Waals surface area (Å²) in [6, 6.07) is 0. The van der Waals surface area contributed by atoms with Crippen LogP contribution in [0.3, 0.4) is 0 Å². The molecule has 0 aromatic rings. The number of hydrogen-bond acceptors (Lipinski definition) is 2. The molecule has 0 saturated heterocycles. The molecule has 0 bridgehead atoms. The average molecular weight is 160 g/mol. The van der Waals surface area contributed by atoms with E-state index in [1.165, 1.54) is 5.57 Å². The Morgan fingerprint density at radius 1 is 1.25 bits per heavy atom. The van der Waals surface area contributed by atoms with Gasteiger partial charge in [-0.25, -0.2) is 0 Å². The molecule has 1 heterocycles. The van der Waals surface area contributed by atoms with Crippen LogP contribution in [0.5, 0.6) is 0 Å². The van der Waals surface area contributed by atoms with Crippen molar-refractivity contribution >= 4 is 0 Å². The first-order valence-corrected chi connectivity index (χ1v) is 4.16. The molecule has 0 radical (unpaired) electrons. The first-order valence-electron chi connectivity index (χ1n) is 4.16. The molecule has 1 aliphatic carbocycles. The van der Waals surface area contributed by atoms with Gasteiger partial charge in [0.1, 0.15) is 0 Å². The zero-order chi connectivity index (χ0) is 8.60. The third-order valence-electron chi connectivity index (χ3n) is 2.05. The Bertz CT molecular complexity index is 300. The Hall–Kier alpha value is -1.18. The molecular formula is C10H12N2. The highest BCUT2D eigenvalue weighted by molar-refractivity contribution is 5.35. The molecular weight excluding hydrogens is 148 g/mol. The van der Waals surface area contributed by atoms with E-state index in [0.717, 1.165) is 0 Å².